The second kappa shape index (κ2) is 8.37. The Kier molecular flexibility index (Phi) is 5.58. The third-order valence-electron chi connectivity index (χ3n) is 6.54. The molecule has 0 amide bonds. The minimum absolute atomic E-state index is 0.0242. The first-order valence-corrected chi connectivity index (χ1v) is 11.4. The molecule has 5 rings (SSSR count). The van der Waals surface area contributed by atoms with E-state index >= 15 is 0 Å². The molecule has 0 bridgehead atoms. The maximum Gasteiger partial charge on any atom is 0.263 e. The summed E-state index contributed by atoms with van der Waals surface area (Å²) in [4.78, 5) is 24.0. The Morgan fingerprint density at radius 1 is 1.17 bits per heavy atom. The molecule has 0 spiro atoms. The van der Waals surface area contributed by atoms with E-state index in [1.54, 1.807) is 38.2 Å². The van der Waals surface area contributed by atoms with E-state index in [1.165, 1.54) is 27.6 Å². The third kappa shape index (κ3) is 4.05. The van der Waals surface area contributed by atoms with Crippen molar-refractivity contribution in [2.24, 2.45) is 14.1 Å². The van der Waals surface area contributed by atoms with E-state index in [2.05, 4.69) is 15.1 Å². The van der Waals surface area contributed by atoms with Gasteiger partial charge in [-0.05, 0) is 25.1 Å². The molecule has 0 N–H and O–H groups in total. The van der Waals surface area contributed by atoms with Crippen molar-refractivity contribution < 1.29 is 13.2 Å². The van der Waals surface area contributed by atoms with Crippen LogP contribution in [0.2, 0.25) is 5.02 Å². The van der Waals surface area contributed by atoms with Crippen LogP contribution in [-0.4, -0.2) is 43.3 Å². The van der Waals surface area contributed by atoms with Crippen LogP contribution in [0, 0.1) is 12.7 Å². The number of anilines is 1. The van der Waals surface area contributed by atoms with Crippen LogP contribution in [0.15, 0.2) is 41.5 Å². The molecule has 1 unspecified atom stereocenters. The third-order valence-corrected chi connectivity index (χ3v) is 6.77. The molecule has 1 fully saturated rings. The van der Waals surface area contributed by atoms with Crippen molar-refractivity contribution in [3.8, 4) is 11.3 Å². The average molecular weight is 503 g/mol. The lowest BCUT2D eigenvalue weighted by molar-refractivity contribution is -0.0424. The first kappa shape index (κ1) is 23.3. The standard InChI is InChI=1S/C24H22ClF3N6O/c1-13-30-19-9-20(34-7-6-24(27,28)17(12-34)14-10-29-32(2)11-14)31-22(21(19)23(35)33(13)3)16-5-4-15(25)8-18(16)26/h4-5,8-11,17H,6-7,12H2,1-3H3. The molecule has 0 aliphatic carbocycles. The van der Waals surface area contributed by atoms with E-state index in [1.807, 2.05) is 0 Å². The van der Waals surface area contributed by atoms with Gasteiger partial charge in [0.15, 0.2) is 0 Å². The van der Waals surface area contributed by atoms with Gasteiger partial charge in [0.25, 0.3) is 11.5 Å². The number of pyridine rings is 1. The lowest BCUT2D eigenvalue weighted by Crippen LogP contribution is -2.46. The van der Waals surface area contributed by atoms with Gasteiger partial charge < -0.3 is 4.90 Å². The second-order valence-electron chi connectivity index (χ2n) is 8.83. The molecule has 4 heterocycles. The fourth-order valence-electron chi connectivity index (χ4n) is 4.50. The maximum absolute atomic E-state index is 15.0. The van der Waals surface area contributed by atoms with E-state index in [-0.39, 0.29) is 46.7 Å². The smallest absolute Gasteiger partial charge is 0.263 e. The summed E-state index contributed by atoms with van der Waals surface area (Å²) in [5, 5.41) is 4.39. The monoisotopic (exact) mass is 502 g/mol. The van der Waals surface area contributed by atoms with Crippen molar-refractivity contribution in [2.45, 2.75) is 25.2 Å². The number of fused-ring (bicyclic) bond motifs is 1. The Bertz CT molecular complexity index is 1520. The Morgan fingerprint density at radius 3 is 2.63 bits per heavy atom. The minimum atomic E-state index is -2.92. The number of piperidine rings is 1. The van der Waals surface area contributed by atoms with Crippen molar-refractivity contribution in [3.05, 3.63) is 69.2 Å². The number of hydrogen-bond acceptors (Lipinski definition) is 5. The summed E-state index contributed by atoms with van der Waals surface area (Å²) in [6.07, 6.45) is 2.64. The lowest BCUT2D eigenvalue weighted by Gasteiger charge is -2.38. The number of alkyl halides is 2. The van der Waals surface area contributed by atoms with Gasteiger partial charge in [-0.2, -0.15) is 5.10 Å². The van der Waals surface area contributed by atoms with Gasteiger partial charge in [-0.1, -0.05) is 11.6 Å². The minimum Gasteiger partial charge on any atom is -0.355 e. The normalized spacial score (nSPS) is 17.8. The highest BCUT2D eigenvalue weighted by atomic mass is 35.5. The van der Waals surface area contributed by atoms with Crippen LogP contribution in [-0.2, 0) is 14.1 Å². The average Bonchev–Trinajstić information content (AvgIpc) is 3.22. The highest BCUT2D eigenvalue weighted by Crippen LogP contribution is 2.42. The van der Waals surface area contributed by atoms with Gasteiger partial charge in [0.05, 0.1) is 28.7 Å². The fourth-order valence-corrected chi connectivity index (χ4v) is 4.66. The molecule has 1 aromatic carbocycles. The molecule has 1 aliphatic heterocycles. The predicted octanol–water partition coefficient (Wildman–Crippen LogP) is 4.46. The van der Waals surface area contributed by atoms with Crippen molar-refractivity contribution in [1.29, 1.82) is 0 Å². The zero-order chi connectivity index (χ0) is 25.1. The Balaban J connectivity index is 1.69. The number of aromatic nitrogens is 5. The number of aryl methyl sites for hydroxylation is 2. The summed E-state index contributed by atoms with van der Waals surface area (Å²) >= 11 is 5.93. The van der Waals surface area contributed by atoms with E-state index in [0.717, 1.165) is 6.07 Å². The summed E-state index contributed by atoms with van der Waals surface area (Å²) in [7, 11) is 3.25. The lowest BCUT2D eigenvalue weighted by atomic mass is 9.88. The number of benzene rings is 1. The number of hydrogen-bond donors (Lipinski definition) is 0. The summed E-state index contributed by atoms with van der Waals surface area (Å²) in [5.74, 6) is -3.88. The van der Waals surface area contributed by atoms with E-state index in [4.69, 9.17) is 11.6 Å². The topological polar surface area (TPSA) is 68.8 Å². The Labute approximate surface area is 203 Å². The van der Waals surface area contributed by atoms with Gasteiger partial charge in [0.1, 0.15) is 17.5 Å². The first-order chi connectivity index (χ1) is 16.5. The molecular formula is C24H22ClF3N6O. The zero-order valence-electron chi connectivity index (χ0n) is 19.3. The molecule has 11 heteroatoms. The molecule has 35 heavy (non-hydrogen) atoms. The molecule has 1 atom stereocenters. The largest absolute Gasteiger partial charge is 0.355 e. The molecule has 1 saturated heterocycles. The van der Waals surface area contributed by atoms with Crippen molar-refractivity contribution >= 4 is 28.3 Å². The van der Waals surface area contributed by atoms with E-state index < -0.39 is 17.7 Å². The van der Waals surface area contributed by atoms with Gasteiger partial charge in [0.2, 0.25) is 0 Å². The summed E-state index contributed by atoms with van der Waals surface area (Å²) in [6, 6.07) is 5.70. The fraction of sp³-hybridized carbons (Fsp3) is 0.333. The van der Waals surface area contributed by atoms with Crippen molar-refractivity contribution in [1.82, 2.24) is 24.3 Å². The van der Waals surface area contributed by atoms with Gasteiger partial charge >= 0.3 is 0 Å². The Hall–Kier alpha value is -3.40. The molecular weight excluding hydrogens is 481 g/mol. The van der Waals surface area contributed by atoms with E-state index in [0.29, 0.717) is 22.7 Å². The van der Waals surface area contributed by atoms with Crippen LogP contribution in [0.25, 0.3) is 22.2 Å². The van der Waals surface area contributed by atoms with Gasteiger partial charge in [0, 0.05) is 62.0 Å². The first-order valence-electron chi connectivity index (χ1n) is 11.0. The van der Waals surface area contributed by atoms with Crippen LogP contribution in [0.1, 0.15) is 23.7 Å². The highest BCUT2D eigenvalue weighted by molar-refractivity contribution is 6.30. The summed E-state index contributed by atoms with van der Waals surface area (Å²) in [5.41, 5.74) is 0.532. The van der Waals surface area contributed by atoms with Crippen molar-refractivity contribution in [3.63, 3.8) is 0 Å². The Morgan fingerprint density at radius 2 is 1.94 bits per heavy atom. The van der Waals surface area contributed by atoms with Gasteiger partial charge in [-0.15, -0.1) is 0 Å². The van der Waals surface area contributed by atoms with Gasteiger partial charge in [-0.25, -0.2) is 23.1 Å². The number of halogens is 4. The quantitative estimate of drug-likeness (QED) is 0.414. The predicted molar refractivity (Wildman–Crippen MR) is 128 cm³/mol. The SMILES string of the molecule is Cc1nc2cc(N3CCC(F)(F)C(c4cnn(C)c4)C3)nc(-c3ccc(Cl)cc3F)c2c(=O)n1C. The highest BCUT2D eigenvalue weighted by Gasteiger charge is 2.45. The molecule has 1 aliphatic rings. The maximum atomic E-state index is 15.0. The van der Waals surface area contributed by atoms with Gasteiger partial charge in [-0.3, -0.25) is 14.0 Å². The molecule has 3 aromatic heterocycles. The number of rotatable bonds is 3. The van der Waals surface area contributed by atoms with E-state index in [9.17, 15) is 18.0 Å². The van der Waals surface area contributed by atoms with Crippen LogP contribution < -0.4 is 10.5 Å². The number of nitrogens with zero attached hydrogens (tertiary/aromatic N) is 6. The molecule has 4 aromatic rings. The summed E-state index contributed by atoms with van der Waals surface area (Å²) < 4.78 is 47.6. The molecule has 0 saturated carbocycles. The van der Waals surface area contributed by atoms with Crippen LogP contribution in [0.5, 0.6) is 0 Å². The molecule has 7 nitrogen and oxygen atoms in total. The molecule has 0 radical (unpaired) electrons. The second-order valence-corrected chi connectivity index (χ2v) is 9.26. The molecule has 182 valence electrons. The summed E-state index contributed by atoms with van der Waals surface area (Å²) in [6.45, 7) is 1.70. The van der Waals surface area contributed by atoms with Crippen LogP contribution >= 0.6 is 11.6 Å². The van der Waals surface area contributed by atoms with Crippen LogP contribution in [0.4, 0.5) is 19.0 Å². The van der Waals surface area contributed by atoms with Crippen LogP contribution in [0.3, 0.4) is 0 Å². The zero-order valence-corrected chi connectivity index (χ0v) is 20.0. The van der Waals surface area contributed by atoms with Crippen molar-refractivity contribution in [2.75, 3.05) is 18.0 Å².